The lowest BCUT2D eigenvalue weighted by atomic mass is 10.2. The molecule has 0 atom stereocenters. The number of hydrogen-bond acceptors (Lipinski definition) is 3. The Labute approximate surface area is 140 Å². The minimum atomic E-state index is 0.645. The van der Waals surface area contributed by atoms with E-state index in [9.17, 15) is 0 Å². The molecule has 1 aliphatic carbocycles. The quantitative estimate of drug-likeness (QED) is 0.541. The van der Waals surface area contributed by atoms with Crippen LogP contribution in [0.5, 0.6) is 5.75 Å². The molecule has 2 rings (SSSR count). The van der Waals surface area contributed by atoms with Crippen LogP contribution in [0, 0.1) is 0 Å². The van der Waals surface area contributed by atoms with Crippen LogP contribution in [0.2, 0.25) is 0 Å². The maximum atomic E-state index is 5.26. The second kappa shape index (κ2) is 9.40. The summed E-state index contributed by atoms with van der Waals surface area (Å²) in [6, 6.07) is 8.87. The third-order valence-corrected chi connectivity index (χ3v) is 4.06. The summed E-state index contributed by atoms with van der Waals surface area (Å²) < 4.78 is 5.26. The number of nitrogens with one attached hydrogen (secondary N) is 2. The van der Waals surface area contributed by atoms with E-state index >= 15 is 0 Å². The van der Waals surface area contributed by atoms with Gasteiger partial charge in [-0.05, 0) is 44.0 Å². The van der Waals surface area contributed by atoms with Gasteiger partial charge in [0.2, 0.25) is 0 Å². The first kappa shape index (κ1) is 17.6. The molecule has 0 aromatic heterocycles. The van der Waals surface area contributed by atoms with Gasteiger partial charge in [0.1, 0.15) is 5.75 Å². The summed E-state index contributed by atoms with van der Waals surface area (Å²) in [6.45, 7) is 8.96. The number of guanidine groups is 1. The lowest BCUT2D eigenvalue weighted by Gasteiger charge is -2.20. The summed E-state index contributed by atoms with van der Waals surface area (Å²) in [4.78, 5) is 7.20. The standard InChI is InChI=1S/C18H30N4O/c1-4-19-18(20-11-12-22(5-2)16-9-10-16)21-14-15-7-6-8-17(13-15)23-3/h6-8,13,16H,4-5,9-12,14H2,1-3H3,(H2,19,20,21). The fourth-order valence-corrected chi connectivity index (χ4v) is 2.64. The van der Waals surface area contributed by atoms with Crippen LogP contribution < -0.4 is 15.4 Å². The molecule has 0 aliphatic heterocycles. The number of benzene rings is 1. The minimum absolute atomic E-state index is 0.645. The van der Waals surface area contributed by atoms with Gasteiger partial charge in [0.05, 0.1) is 13.7 Å². The van der Waals surface area contributed by atoms with E-state index in [0.717, 1.165) is 49.5 Å². The molecule has 0 unspecified atom stereocenters. The third kappa shape index (κ3) is 6.10. The molecule has 1 saturated carbocycles. The Morgan fingerprint density at radius 3 is 2.78 bits per heavy atom. The number of aliphatic imine (C=N–C) groups is 1. The van der Waals surface area contributed by atoms with E-state index in [1.807, 2.05) is 18.2 Å². The van der Waals surface area contributed by atoms with Crippen molar-refractivity contribution in [2.24, 2.45) is 4.99 Å². The molecule has 0 radical (unpaired) electrons. The van der Waals surface area contributed by atoms with Crippen molar-refractivity contribution < 1.29 is 4.74 Å². The lowest BCUT2D eigenvalue weighted by Crippen LogP contribution is -2.42. The molecule has 0 saturated heterocycles. The maximum Gasteiger partial charge on any atom is 0.191 e. The van der Waals surface area contributed by atoms with Crippen LogP contribution in [-0.4, -0.2) is 50.2 Å². The van der Waals surface area contributed by atoms with Gasteiger partial charge in [-0.1, -0.05) is 19.1 Å². The zero-order valence-electron chi connectivity index (χ0n) is 14.6. The number of likely N-dealkylation sites (N-methyl/N-ethyl adjacent to an activating group) is 1. The van der Waals surface area contributed by atoms with E-state index < -0.39 is 0 Å². The van der Waals surface area contributed by atoms with E-state index in [1.165, 1.54) is 12.8 Å². The second-order valence-corrected chi connectivity index (χ2v) is 5.83. The monoisotopic (exact) mass is 318 g/mol. The third-order valence-electron chi connectivity index (χ3n) is 4.06. The van der Waals surface area contributed by atoms with Crippen molar-refractivity contribution in [3.8, 4) is 5.75 Å². The number of nitrogens with zero attached hydrogens (tertiary/aromatic N) is 2. The van der Waals surface area contributed by atoms with Crippen molar-refractivity contribution in [1.29, 1.82) is 0 Å². The Balaban J connectivity index is 1.83. The van der Waals surface area contributed by atoms with Crippen LogP contribution in [0.1, 0.15) is 32.3 Å². The molecule has 5 nitrogen and oxygen atoms in total. The van der Waals surface area contributed by atoms with Gasteiger partial charge >= 0.3 is 0 Å². The molecular weight excluding hydrogens is 288 g/mol. The van der Waals surface area contributed by atoms with E-state index in [1.54, 1.807) is 7.11 Å². The Bertz CT molecular complexity index is 500. The molecule has 0 bridgehead atoms. The summed E-state index contributed by atoms with van der Waals surface area (Å²) in [5.74, 6) is 1.75. The number of ether oxygens (including phenoxy) is 1. The van der Waals surface area contributed by atoms with Crippen molar-refractivity contribution in [3.05, 3.63) is 29.8 Å². The summed E-state index contributed by atoms with van der Waals surface area (Å²) in [5, 5.41) is 6.74. The fourth-order valence-electron chi connectivity index (χ4n) is 2.64. The summed E-state index contributed by atoms with van der Waals surface area (Å²) in [5.41, 5.74) is 1.15. The number of rotatable bonds is 9. The predicted octanol–water partition coefficient (Wildman–Crippen LogP) is 2.23. The van der Waals surface area contributed by atoms with Crippen molar-refractivity contribution >= 4 is 5.96 Å². The van der Waals surface area contributed by atoms with Crippen molar-refractivity contribution in [3.63, 3.8) is 0 Å². The van der Waals surface area contributed by atoms with Crippen molar-refractivity contribution in [2.45, 2.75) is 39.3 Å². The molecule has 23 heavy (non-hydrogen) atoms. The first-order chi connectivity index (χ1) is 11.3. The van der Waals surface area contributed by atoms with E-state index in [2.05, 4.69) is 40.4 Å². The Morgan fingerprint density at radius 2 is 2.13 bits per heavy atom. The number of hydrogen-bond donors (Lipinski definition) is 2. The van der Waals surface area contributed by atoms with Gasteiger partial charge in [-0.3, -0.25) is 4.90 Å². The molecule has 0 spiro atoms. The molecular formula is C18H30N4O. The summed E-state index contributed by atoms with van der Waals surface area (Å²) >= 11 is 0. The Hall–Kier alpha value is -1.75. The predicted molar refractivity (Wildman–Crippen MR) is 96.1 cm³/mol. The first-order valence-electron chi connectivity index (χ1n) is 8.66. The average molecular weight is 318 g/mol. The summed E-state index contributed by atoms with van der Waals surface area (Å²) in [6.07, 6.45) is 2.72. The molecule has 0 heterocycles. The highest BCUT2D eigenvalue weighted by Gasteiger charge is 2.27. The topological polar surface area (TPSA) is 48.9 Å². The van der Waals surface area contributed by atoms with Gasteiger partial charge in [-0.2, -0.15) is 0 Å². The molecule has 1 aliphatic rings. The normalized spacial score (nSPS) is 14.9. The van der Waals surface area contributed by atoms with Gasteiger partial charge in [-0.25, -0.2) is 4.99 Å². The average Bonchev–Trinajstić information content (AvgIpc) is 3.41. The van der Waals surface area contributed by atoms with Crippen molar-refractivity contribution in [1.82, 2.24) is 15.5 Å². The van der Waals surface area contributed by atoms with Crippen LogP contribution in [0.15, 0.2) is 29.3 Å². The smallest absolute Gasteiger partial charge is 0.191 e. The zero-order valence-corrected chi connectivity index (χ0v) is 14.6. The molecule has 128 valence electrons. The molecule has 1 fully saturated rings. The zero-order chi connectivity index (χ0) is 16.5. The first-order valence-corrected chi connectivity index (χ1v) is 8.66. The van der Waals surface area contributed by atoms with Gasteiger partial charge in [0.15, 0.2) is 5.96 Å². The van der Waals surface area contributed by atoms with Crippen LogP contribution in [0.25, 0.3) is 0 Å². The number of methoxy groups -OCH3 is 1. The Morgan fingerprint density at radius 1 is 1.30 bits per heavy atom. The van der Waals surface area contributed by atoms with Crippen LogP contribution in [-0.2, 0) is 6.54 Å². The highest BCUT2D eigenvalue weighted by Crippen LogP contribution is 2.25. The van der Waals surface area contributed by atoms with Crippen LogP contribution >= 0.6 is 0 Å². The van der Waals surface area contributed by atoms with Crippen molar-refractivity contribution in [2.75, 3.05) is 33.3 Å². The molecule has 5 heteroatoms. The highest BCUT2D eigenvalue weighted by molar-refractivity contribution is 5.79. The second-order valence-electron chi connectivity index (χ2n) is 5.83. The molecule has 1 aromatic rings. The SMILES string of the molecule is CCNC(=NCc1cccc(OC)c1)NCCN(CC)C1CC1. The maximum absolute atomic E-state index is 5.26. The van der Waals surface area contributed by atoms with E-state index in [4.69, 9.17) is 4.74 Å². The van der Waals surface area contributed by atoms with Gasteiger partial charge in [0.25, 0.3) is 0 Å². The molecule has 0 amide bonds. The van der Waals surface area contributed by atoms with E-state index in [0.29, 0.717) is 6.54 Å². The van der Waals surface area contributed by atoms with Gasteiger partial charge < -0.3 is 15.4 Å². The van der Waals surface area contributed by atoms with E-state index in [-0.39, 0.29) is 0 Å². The summed E-state index contributed by atoms with van der Waals surface area (Å²) in [7, 11) is 1.69. The van der Waals surface area contributed by atoms with Gasteiger partial charge in [0, 0.05) is 25.7 Å². The molecule has 1 aromatic carbocycles. The highest BCUT2D eigenvalue weighted by atomic mass is 16.5. The lowest BCUT2D eigenvalue weighted by molar-refractivity contribution is 0.282. The fraction of sp³-hybridized carbons (Fsp3) is 0.611. The molecule has 2 N–H and O–H groups in total. The Kier molecular flexibility index (Phi) is 7.20. The largest absolute Gasteiger partial charge is 0.497 e. The van der Waals surface area contributed by atoms with Gasteiger partial charge in [-0.15, -0.1) is 0 Å². The minimum Gasteiger partial charge on any atom is -0.497 e. The van der Waals surface area contributed by atoms with Crippen LogP contribution in [0.4, 0.5) is 0 Å². The van der Waals surface area contributed by atoms with Crippen LogP contribution in [0.3, 0.4) is 0 Å².